The summed E-state index contributed by atoms with van der Waals surface area (Å²) >= 11 is 0. The van der Waals surface area contributed by atoms with Crippen LogP contribution in [0.5, 0.6) is 0 Å². The Morgan fingerprint density at radius 1 is 1.43 bits per heavy atom. The molecule has 1 aromatic carbocycles. The summed E-state index contributed by atoms with van der Waals surface area (Å²) in [6, 6.07) is 3.93. The maximum atomic E-state index is 11.3. The van der Waals surface area contributed by atoms with E-state index < -0.39 is 10.9 Å². The van der Waals surface area contributed by atoms with Crippen LogP contribution in [0.1, 0.15) is 37.6 Å². The van der Waals surface area contributed by atoms with Crippen LogP contribution in [-0.4, -0.2) is 29.1 Å². The molecule has 1 aliphatic heterocycles. The molecule has 1 unspecified atom stereocenters. The molecule has 1 atom stereocenters. The van der Waals surface area contributed by atoms with E-state index in [0.29, 0.717) is 11.6 Å². The Kier molecular flexibility index (Phi) is 3.89. The summed E-state index contributed by atoms with van der Waals surface area (Å²) in [6.45, 7) is 7.93. The van der Waals surface area contributed by atoms with Crippen LogP contribution in [0.25, 0.3) is 0 Å². The molecule has 0 aromatic heterocycles. The van der Waals surface area contributed by atoms with Crippen LogP contribution in [0.4, 0.5) is 11.4 Å². The van der Waals surface area contributed by atoms with E-state index in [0.717, 1.165) is 19.5 Å². The molecule has 1 N–H and O–H groups in total. The molecule has 0 amide bonds. The summed E-state index contributed by atoms with van der Waals surface area (Å²) in [6.07, 6.45) is 0.964. The monoisotopic (exact) mass is 292 g/mol. The number of nitrogens with zero attached hydrogens (tertiary/aromatic N) is 2. The Labute approximate surface area is 123 Å². The fourth-order valence-corrected chi connectivity index (χ4v) is 2.76. The number of anilines is 1. The van der Waals surface area contributed by atoms with Crippen molar-refractivity contribution in [1.29, 1.82) is 0 Å². The maximum Gasteiger partial charge on any atom is 0.337 e. The number of hydrogen-bond acceptors (Lipinski definition) is 4. The van der Waals surface area contributed by atoms with E-state index in [1.54, 1.807) is 0 Å². The molecule has 21 heavy (non-hydrogen) atoms. The highest BCUT2D eigenvalue weighted by molar-refractivity contribution is 5.95. The average molecular weight is 292 g/mol. The first-order valence-corrected chi connectivity index (χ1v) is 6.97. The third-order valence-corrected chi connectivity index (χ3v) is 4.18. The lowest BCUT2D eigenvalue weighted by molar-refractivity contribution is -0.384. The van der Waals surface area contributed by atoms with E-state index in [1.807, 2.05) is 4.90 Å². The number of benzene rings is 1. The lowest BCUT2D eigenvalue weighted by Crippen LogP contribution is -2.27. The molecule has 1 heterocycles. The largest absolute Gasteiger partial charge is 0.478 e. The number of rotatable bonds is 3. The van der Waals surface area contributed by atoms with Gasteiger partial charge < -0.3 is 10.0 Å². The summed E-state index contributed by atoms with van der Waals surface area (Å²) in [4.78, 5) is 23.7. The molecule has 1 saturated heterocycles. The van der Waals surface area contributed by atoms with Gasteiger partial charge in [0.1, 0.15) is 0 Å². The number of carboxylic acids is 1. The predicted molar refractivity (Wildman–Crippen MR) is 79.8 cm³/mol. The highest BCUT2D eigenvalue weighted by Gasteiger charge is 2.33. The van der Waals surface area contributed by atoms with E-state index in [9.17, 15) is 20.0 Å². The minimum atomic E-state index is -1.06. The van der Waals surface area contributed by atoms with Crippen molar-refractivity contribution in [2.24, 2.45) is 11.3 Å². The Morgan fingerprint density at radius 2 is 2.10 bits per heavy atom. The van der Waals surface area contributed by atoms with E-state index in [1.165, 1.54) is 18.2 Å². The molecule has 0 radical (unpaired) electrons. The predicted octanol–water partition coefficient (Wildman–Crippen LogP) is 3.17. The molecule has 1 fully saturated rings. The minimum absolute atomic E-state index is 0.0748. The topological polar surface area (TPSA) is 83.7 Å². The molecule has 114 valence electrons. The van der Waals surface area contributed by atoms with Crippen molar-refractivity contribution in [2.45, 2.75) is 27.2 Å². The zero-order valence-corrected chi connectivity index (χ0v) is 12.5. The molecule has 6 nitrogen and oxygen atoms in total. The molecule has 0 spiro atoms. The van der Waals surface area contributed by atoms with Gasteiger partial charge in [0.25, 0.3) is 5.69 Å². The van der Waals surface area contributed by atoms with Crippen molar-refractivity contribution in [1.82, 2.24) is 0 Å². The van der Waals surface area contributed by atoms with Crippen molar-refractivity contribution in [3.05, 3.63) is 33.9 Å². The van der Waals surface area contributed by atoms with Gasteiger partial charge in [0.15, 0.2) is 0 Å². The Bertz CT molecular complexity index is 578. The Hall–Kier alpha value is -2.11. The van der Waals surface area contributed by atoms with E-state index in [4.69, 9.17) is 0 Å². The number of nitro benzene ring substituents is 1. The van der Waals surface area contributed by atoms with Crippen LogP contribution in [0.2, 0.25) is 0 Å². The second-order valence-corrected chi connectivity index (χ2v) is 6.56. The molecule has 1 aromatic rings. The molecular weight excluding hydrogens is 272 g/mol. The third kappa shape index (κ3) is 3.15. The zero-order chi connectivity index (χ0) is 15.8. The van der Waals surface area contributed by atoms with Gasteiger partial charge in [-0.25, -0.2) is 4.79 Å². The van der Waals surface area contributed by atoms with Crippen molar-refractivity contribution in [3.8, 4) is 0 Å². The van der Waals surface area contributed by atoms with Gasteiger partial charge in [-0.2, -0.15) is 0 Å². The van der Waals surface area contributed by atoms with Gasteiger partial charge in [-0.15, -0.1) is 0 Å². The quantitative estimate of drug-likeness (QED) is 0.683. The van der Waals surface area contributed by atoms with Gasteiger partial charge >= 0.3 is 5.97 Å². The first-order chi connectivity index (χ1) is 9.70. The van der Waals surface area contributed by atoms with Crippen LogP contribution in [0.15, 0.2) is 18.2 Å². The number of non-ortho nitro benzene ring substituents is 1. The smallest absolute Gasteiger partial charge is 0.337 e. The van der Waals surface area contributed by atoms with E-state index in [2.05, 4.69) is 20.8 Å². The van der Waals surface area contributed by atoms with Crippen LogP contribution in [0, 0.1) is 21.4 Å². The van der Waals surface area contributed by atoms with Gasteiger partial charge in [-0.05, 0) is 23.8 Å². The number of carbonyl (C=O) groups is 1. The fourth-order valence-electron chi connectivity index (χ4n) is 2.76. The number of hydrogen-bond donors (Lipinski definition) is 1. The van der Waals surface area contributed by atoms with Crippen molar-refractivity contribution >= 4 is 17.3 Å². The first kappa shape index (κ1) is 15.3. The molecule has 0 aliphatic carbocycles. The molecule has 0 saturated carbocycles. The minimum Gasteiger partial charge on any atom is -0.478 e. The van der Waals surface area contributed by atoms with E-state index in [-0.39, 0.29) is 16.7 Å². The van der Waals surface area contributed by atoms with Gasteiger partial charge in [0.2, 0.25) is 0 Å². The zero-order valence-electron chi connectivity index (χ0n) is 12.5. The van der Waals surface area contributed by atoms with Gasteiger partial charge in [-0.3, -0.25) is 10.1 Å². The lowest BCUT2D eigenvalue weighted by Gasteiger charge is -2.27. The van der Waals surface area contributed by atoms with Crippen LogP contribution < -0.4 is 4.90 Å². The average Bonchev–Trinajstić information content (AvgIpc) is 2.87. The second kappa shape index (κ2) is 5.35. The highest BCUT2D eigenvalue weighted by atomic mass is 16.6. The fraction of sp³-hybridized carbons (Fsp3) is 0.533. The normalized spacial score (nSPS) is 18.8. The van der Waals surface area contributed by atoms with Gasteiger partial charge in [-0.1, -0.05) is 20.8 Å². The highest BCUT2D eigenvalue weighted by Crippen LogP contribution is 2.37. The summed E-state index contributed by atoms with van der Waals surface area (Å²) < 4.78 is 0. The molecule has 0 bridgehead atoms. The standard InChI is InChI=1S/C15H20N2O4/c1-15(2,3)10-6-7-16(9-10)13-8-11(17(20)21)4-5-12(13)14(18)19/h4-5,8,10H,6-7,9H2,1-3H3,(H,18,19). The first-order valence-electron chi connectivity index (χ1n) is 6.97. The number of aromatic carboxylic acids is 1. The molecule has 1 aliphatic rings. The van der Waals surface area contributed by atoms with Crippen LogP contribution >= 0.6 is 0 Å². The van der Waals surface area contributed by atoms with Crippen molar-refractivity contribution in [2.75, 3.05) is 18.0 Å². The SMILES string of the molecule is CC(C)(C)C1CCN(c2cc([N+](=O)[O-])ccc2C(=O)O)C1. The van der Waals surface area contributed by atoms with Crippen LogP contribution in [0.3, 0.4) is 0 Å². The van der Waals surface area contributed by atoms with Crippen molar-refractivity contribution < 1.29 is 14.8 Å². The second-order valence-electron chi connectivity index (χ2n) is 6.56. The molecule has 2 rings (SSSR count). The summed E-state index contributed by atoms with van der Waals surface area (Å²) in [7, 11) is 0. The number of nitro groups is 1. The number of carboxylic acid groups (broad SMARTS) is 1. The summed E-state index contributed by atoms with van der Waals surface area (Å²) in [5.41, 5.74) is 0.631. The van der Waals surface area contributed by atoms with E-state index >= 15 is 0 Å². The summed E-state index contributed by atoms with van der Waals surface area (Å²) in [5.74, 6) is -0.613. The molecular formula is C15H20N2O4. The van der Waals surface area contributed by atoms with Crippen LogP contribution in [-0.2, 0) is 0 Å². The lowest BCUT2D eigenvalue weighted by atomic mass is 9.80. The van der Waals surface area contributed by atoms with Gasteiger partial charge in [0, 0.05) is 25.2 Å². The maximum absolute atomic E-state index is 11.3. The summed E-state index contributed by atoms with van der Waals surface area (Å²) in [5, 5.41) is 20.2. The van der Waals surface area contributed by atoms with Gasteiger partial charge in [0.05, 0.1) is 16.2 Å². The Morgan fingerprint density at radius 3 is 2.57 bits per heavy atom. The third-order valence-electron chi connectivity index (χ3n) is 4.18. The Balaban J connectivity index is 2.36. The molecule has 6 heteroatoms. The van der Waals surface area contributed by atoms with Crippen molar-refractivity contribution in [3.63, 3.8) is 0 Å².